The Morgan fingerprint density at radius 3 is 2.24 bits per heavy atom. The van der Waals surface area contributed by atoms with Crippen LogP contribution in [0.2, 0.25) is 22.2 Å². The second-order valence-electron chi connectivity index (χ2n) is 11.3. The number of aromatic nitrogens is 3. The van der Waals surface area contributed by atoms with E-state index in [1.165, 1.54) is 6.33 Å². The van der Waals surface area contributed by atoms with E-state index >= 15 is 0 Å². The fourth-order valence-electron chi connectivity index (χ4n) is 5.75. The predicted octanol–water partition coefficient (Wildman–Crippen LogP) is 3.53. The molecule has 0 radical (unpaired) electrons. The molecule has 4 rings (SSSR count). The summed E-state index contributed by atoms with van der Waals surface area (Å²) >= 11 is 0. The predicted molar refractivity (Wildman–Crippen MR) is 147 cm³/mol. The number of nitrogens with two attached hydrogens (primary N) is 2. The summed E-state index contributed by atoms with van der Waals surface area (Å²) in [4.78, 5) is 22.4. The van der Waals surface area contributed by atoms with Crippen molar-refractivity contribution in [3.63, 3.8) is 0 Å². The summed E-state index contributed by atoms with van der Waals surface area (Å²) in [5.74, 6) is -0.324. The molecular weight excluding hydrogens is 524 g/mol. The van der Waals surface area contributed by atoms with E-state index in [2.05, 4.69) is 70.5 Å². The number of carbonyl (C=O) groups is 1. The largest absolute Gasteiger partial charge is 0.414 e. The monoisotopic (exact) mass is 564 g/mol. The van der Waals surface area contributed by atoms with Crippen molar-refractivity contribution in [3.05, 3.63) is 18.1 Å². The van der Waals surface area contributed by atoms with Crippen molar-refractivity contribution in [2.75, 3.05) is 12.3 Å². The quantitative estimate of drug-likeness (QED) is 0.155. The average Bonchev–Trinajstić information content (AvgIpc) is 3.36. The normalized spacial score (nSPS) is 25.9. The Kier molecular flexibility index (Phi) is 7.77. The smallest absolute Gasteiger partial charge is 0.335 e. The van der Waals surface area contributed by atoms with Gasteiger partial charge in [-0.1, -0.05) is 60.5 Å². The van der Waals surface area contributed by atoms with Crippen molar-refractivity contribution in [3.8, 4) is 0 Å². The van der Waals surface area contributed by atoms with Crippen LogP contribution < -0.4 is 11.5 Å². The van der Waals surface area contributed by atoms with Crippen LogP contribution >= 0.6 is 0 Å². The van der Waals surface area contributed by atoms with Gasteiger partial charge in [0, 0.05) is 6.20 Å². The number of oxime groups is 1. The van der Waals surface area contributed by atoms with E-state index in [0.717, 1.165) is 0 Å². The lowest BCUT2D eigenvalue weighted by atomic mass is 10.1. The molecule has 0 amide bonds. The number of amidine groups is 1. The fraction of sp³-hybridized carbons (Fsp3) is 0.667. The van der Waals surface area contributed by atoms with Gasteiger partial charge in [0.2, 0.25) is 5.78 Å². The second kappa shape index (κ2) is 10.3. The minimum Gasteiger partial charge on any atom is -0.414 e. The van der Waals surface area contributed by atoms with Crippen LogP contribution in [0.1, 0.15) is 67.2 Å². The van der Waals surface area contributed by atoms with Gasteiger partial charge in [-0.15, -0.1) is 0 Å². The molecule has 2 aromatic heterocycles. The molecule has 14 heteroatoms. The number of Topliss-reactive ketones (excluding diaryl/α,β-unsaturated/α-hetero) is 1. The average molecular weight is 565 g/mol. The highest BCUT2D eigenvalue weighted by Crippen LogP contribution is 2.48. The minimum absolute atomic E-state index is 0.0631. The Morgan fingerprint density at radius 1 is 1.08 bits per heavy atom. The molecule has 0 spiro atoms. The lowest BCUT2D eigenvalue weighted by Gasteiger charge is -2.50. The molecule has 4 heterocycles. The third-order valence-electron chi connectivity index (χ3n) is 7.76. The van der Waals surface area contributed by atoms with Crippen molar-refractivity contribution in [2.24, 2.45) is 10.9 Å². The zero-order chi connectivity index (χ0) is 28.2. The summed E-state index contributed by atoms with van der Waals surface area (Å²) in [6.45, 7) is 17.1. The number of hydrogen-bond donors (Lipinski definition) is 3. The number of hydrogen-bond acceptors (Lipinski definition) is 10. The molecule has 3 atom stereocenters. The minimum atomic E-state index is -3.01. The first-order valence-corrected chi connectivity index (χ1v) is 17.0. The lowest BCUT2D eigenvalue weighted by Crippen LogP contribution is -2.65. The van der Waals surface area contributed by atoms with E-state index in [0.29, 0.717) is 16.6 Å². The number of fused-ring (bicyclic) bond motifs is 2. The summed E-state index contributed by atoms with van der Waals surface area (Å²) in [6.07, 6.45) is 0.228. The van der Waals surface area contributed by atoms with Crippen molar-refractivity contribution in [1.29, 1.82) is 0 Å². The van der Waals surface area contributed by atoms with E-state index < -0.39 is 35.6 Å². The van der Waals surface area contributed by atoms with E-state index in [4.69, 9.17) is 29.2 Å². The maximum atomic E-state index is 14.0. The molecule has 5 N–H and O–H groups in total. The molecule has 0 saturated carbocycles. The van der Waals surface area contributed by atoms with Crippen LogP contribution in [-0.4, -0.2) is 67.3 Å². The molecule has 38 heavy (non-hydrogen) atoms. The highest BCUT2D eigenvalue weighted by atomic mass is 28.5. The van der Waals surface area contributed by atoms with Crippen LogP contribution in [-0.2, 0) is 22.5 Å². The van der Waals surface area contributed by atoms with Gasteiger partial charge in [-0.2, -0.15) is 0 Å². The van der Waals surface area contributed by atoms with E-state index in [1.807, 2.05) is 0 Å². The Balaban J connectivity index is 1.84. The first-order valence-electron chi connectivity index (χ1n) is 13.1. The first-order chi connectivity index (χ1) is 17.8. The molecule has 1 unspecified atom stereocenters. The number of rotatable bonds is 6. The summed E-state index contributed by atoms with van der Waals surface area (Å²) in [5.41, 5.74) is 13.1. The van der Waals surface area contributed by atoms with Gasteiger partial charge in [-0.3, -0.25) is 9.36 Å². The number of ether oxygens (including phenoxy) is 1. The number of carbonyl (C=O) groups excluding carboxylic acids is 1. The topological polar surface area (TPSA) is 169 Å². The molecular formula is C24H40N6O6Si2. The van der Waals surface area contributed by atoms with E-state index in [9.17, 15) is 10.0 Å². The Labute approximate surface area is 225 Å². The molecule has 0 aliphatic carbocycles. The molecule has 0 aromatic carbocycles. The van der Waals surface area contributed by atoms with Gasteiger partial charge >= 0.3 is 17.1 Å². The maximum Gasteiger partial charge on any atom is 0.335 e. The number of nitrogens with zero attached hydrogens (tertiary/aromatic N) is 4. The maximum absolute atomic E-state index is 14.0. The van der Waals surface area contributed by atoms with Crippen molar-refractivity contribution in [2.45, 2.75) is 96.0 Å². The Hall–Kier alpha value is -2.37. The third kappa shape index (κ3) is 4.36. The van der Waals surface area contributed by atoms with Crippen molar-refractivity contribution >= 4 is 45.6 Å². The van der Waals surface area contributed by atoms with Gasteiger partial charge in [0.05, 0.1) is 17.6 Å². The van der Waals surface area contributed by atoms with Gasteiger partial charge in [0.25, 0.3) is 0 Å². The standard InChI is InChI=1S/C24H40N6O6Si2/c1-12(2)37(13(3)4)33-10-17-20(35-38(36-37,14(5)6)15(7)8)19(31)24(34-17)30-9-16(21(25)29-32)18-22(26)27-11-28-23(18)30/h9,11-15,17,20,24,32H,10H2,1-8H3,(H2,25,29)(H2,26,27,28)/t17-,20+,24?/m1/s1. The van der Waals surface area contributed by atoms with Crippen LogP contribution in [0.5, 0.6) is 0 Å². The highest BCUT2D eigenvalue weighted by Gasteiger charge is 2.61. The Bertz CT molecular complexity index is 1220. The first kappa shape index (κ1) is 28.6. The molecule has 210 valence electrons. The van der Waals surface area contributed by atoms with E-state index in [1.54, 1.807) is 10.8 Å². The van der Waals surface area contributed by atoms with Gasteiger partial charge in [-0.25, -0.2) is 9.97 Å². The van der Waals surface area contributed by atoms with Crippen LogP contribution in [0.25, 0.3) is 11.0 Å². The molecule has 2 aliphatic rings. The van der Waals surface area contributed by atoms with Crippen LogP contribution in [0.15, 0.2) is 17.7 Å². The van der Waals surface area contributed by atoms with Crippen LogP contribution in [0.3, 0.4) is 0 Å². The number of anilines is 1. The van der Waals surface area contributed by atoms with Gasteiger partial charge in [0.15, 0.2) is 12.1 Å². The zero-order valence-electron chi connectivity index (χ0n) is 23.3. The van der Waals surface area contributed by atoms with Crippen LogP contribution in [0.4, 0.5) is 5.82 Å². The molecule has 2 fully saturated rings. The molecule has 0 bridgehead atoms. The lowest BCUT2D eigenvalue weighted by molar-refractivity contribution is -0.130. The number of nitrogen functional groups attached to an aromatic ring is 1. The fourth-order valence-corrected chi connectivity index (χ4v) is 16.9. The van der Waals surface area contributed by atoms with Gasteiger partial charge in [-0.05, 0) is 22.2 Å². The van der Waals surface area contributed by atoms with Crippen molar-refractivity contribution in [1.82, 2.24) is 14.5 Å². The van der Waals surface area contributed by atoms with E-state index in [-0.39, 0.29) is 46.2 Å². The molecule has 2 saturated heterocycles. The Morgan fingerprint density at radius 2 is 1.68 bits per heavy atom. The molecule has 2 aromatic rings. The van der Waals surface area contributed by atoms with Crippen molar-refractivity contribution < 1.29 is 27.7 Å². The summed E-state index contributed by atoms with van der Waals surface area (Å²) in [6, 6.07) is 0. The summed E-state index contributed by atoms with van der Waals surface area (Å²) < 4.78 is 28.7. The van der Waals surface area contributed by atoms with Gasteiger partial charge in [0.1, 0.15) is 30.0 Å². The highest BCUT2D eigenvalue weighted by molar-refractivity contribution is 6.84. The SMILES string of the molecule is CC(C)[Si]1(C(C)C)OC[C@H]2OC(n3cc(C(N)=NO)c4c(N)ncnc43)C(=O)[C@H]2O[Si](C(C)C)(C(C)C)O1. The van der Waals surface area contributed by atoms with Gasteiger partial charge < -0.3 is 34.4 Å². The summed E-state index contributed by atoms with van der Waals surface area (Å²) in [5, 5.41) is 12.8. The van der Waals surface area contributed by atoms with Crippen LogP contribution in [0, 0.1) is 0 Å². The second-order valence-corrected chi connectivity index (χ2v) is 20.2. The molecule has 12 nitrogen and oxygen atoms in total. The number of ketones is 1. The third-order valence-corrected chi connectivity index (χ3v) is 18.0. The summed E-state index contributed by atoms with van der Waals surface area (Å²) in [7, 11) is -5.80. The zero-order valence-corrected chi connectivity index (χ0v) is 25.3. The molecule has 2 aliphatic heterocycles.